The van der Waals surface area contributed by atoms with Crippen molar-refractivity contribution in [2.75, 3.05) is 40.9 Å². The number of allylic oxidation sites excluding steroid dienone is 3. The molecular formula is C45H90N2O6P+. The number of amides is 1. The summed E-state index contributed by atoms with van der Waals surface area (Å²) >= 11 is 0. The lowest BCUT2D eigenvalue weighted by Crippen LogP contribution is -2.45. The number of rotatable bonds is 41. The Morgan fingerprint density at radius 1 is 0.611 bits per heavy atom. The number of aliphatic hydroxyl groups is 1. The van der Waals surface area contributed by atoms with E-state index in [0.29, 0.717) is 17.4 Å². The third-order valence-corrected chi connectivity index (χ3v) is 11.1. The van der Waals surface area contributed by atoms with E-state index in [1.807, 2.05) is 27.2 Å². The fourth-order valence-corrected chi connectivity index (χ4v) is 7.24. The van der Waals surface area contributed by atoms with E-state index in [1.54, 1.807) is 6.08 Å². The van der Waals surface area contributed by atoms with Crippen LogP contribution < -0.4 is 5.32 Å². The molecule has 3 N–H and O–H groups in total. The van der Waals surface area contributed by atoms with Crippen molar-refractivity contribution in [2.24, 2.45) is 0 Å². The molecule has 0 radical (unpaired) electrons. The van der Waals surface area contributed by atoms with Crippen molar-refractivity contribution in [1.82, 2.24) is 5.32 Å². The first kappa shape index (κ1) is 53.0. The van der Waals surface area contributed by atoms with Crippen molar-refractivity contribution in [1.29, 1.82) is 0 Å². The first-order valence-corrected chi connectivity index (χ1v) is 24.2. The number of aliphatic hydroxyl groups excluding tert-OH is 1. The number of unbranched alkanes of at least 4 members (excludes halogenated alkanes) is 26. The Morgan fingerprint density at radius 3 is 1.46 bits per heavy atom. The average Bonchev–Trinajstić information content (AvgIpc) is 3.12. The van der Waals surface area contributed by atoms with Crippen LogP contribution in [0.4, 0.5) is 0 Å². The van der Waals surface area contributed by atoms with Gasteiger partial charge in [-0.1, -0.05) is 179 Å². The summed E-state index contributed by atoms with van der Waals surface area (Å²) in [6.07, 6.45) is 44.5. The molecule has 3 atom stereocenters. The van der Waals surface area contributed by atoms with E-state index < -0.39 is 20.0 Å². The van der Waals surface area contributed by atoms with Crippen molar-refractivity contribution in [2.45, 2.75) is 219 Å². The number of nitrogens with one attached hydrogen (secondary N) is 1. The molecule has 1 amide bonds. The molecular weight excluding hydrogens is 695 g/mol. The van der Waals surface area contributed by atoms with E-state index in [9.17, 15) is 19.4 Å². The SMILES string of the molecule is CCCCC/C=C/C(O)C(COP(=O)(O)OCC[N+](C)(C)C)NC(=O)CCCCCCCCCCCCCCCCC/C=C\CCCCCCCCCC. The maximum atomic E-state index is 12.8. The lowest BCUT2D eigenvalue weighted by molar-refractivity contribution is -0.870. The van der Waals surface area contributed by atoms with Gasteiger partial charge in [-0.25, -0.2) is 4.57 Å². The summed E-state index contributed by atoms with van der Waals surface area (Å²) in [5, 5.41) is 13.6. The van der Waals surface area contributed by atoms with Gasteiger partial charge in [-0.2, -0.15) is 0 Å². The van der Waals surface area contributed by atoms with Gasteiger partial charge in [-0.15, -0.1) is 0 Å². The zero-order valence-corrected chi connectivity index (χ0v) is 37.1. The molecule has 9 heteroatoms. The highest BCUT2D eigenvalue weighted by Gasteiger charge is 2.27. The van der Waals surface area contributed by atoms with Crippen LogP contribution in [0.5, 0.6) is 0 Å². The average molecular weight is 786 g/mol. The molecule has 0 fully saturated rings. The molecule has 54 heavy (non-hydrogen) atoms. The van der Waals surface area contributed by atoms with Crippen LogP contribution in [0.1, 0.15) is 206 Å². The zero-order valence-electron chi connectivity index (χ0n) is 36.2. The van der Waals surface area contributed by atoms with Gasteiger partial charge in [0.05, 0.1) is 39.9 Å². The molecule has 0 aromatic rings. The van der Waals surface area contributed by atoms with Gasteiger partial charge < -0.3 is 19.8 Å². The van der Waals surface area contributed by atoms with E-state index in [4.69, 9.17) is 9.05 Å². The van der Waals surface area contributed by atoms with Gasteiger partial charge >= 0.3 is 7.82 Å². The van der Waals surface area contributed by atoms with Crippen LogP contribution in [0.2, 0.25) is 0 Å². The smallest absolute Gasteiger partial charge is 0.387 e. The maximum Gasteiger partial charge on any atom is 0.472 e. The minimum atomic E-state index is -4.32. The molecule has 0 aliphatic carbocycles. The number of carbonyl (C=O) groups excluding carboxylic acids is 1. The molecule has 3 unspecified atom stereocenters. The highest BCUT2D eigenvalue weighted by Crippen LogP contribution is 2.43. The first-order chi connectivity index (χ1) is 26.0. The van der Waals surface area contributed by atoms with E-state index in [-0.39, 0.29) is 19.1 Å². The Hall–Kier alpha value is -1.02. The molecule has 0 saturated carbocycles. The van der Waals surface area contributed by atoms with Crippen molar-refractivity contribution in [3.05, 3.63) is 24.3 Å². The fourth-order valence-electron chi connectivity index (χ4n) is 6.51. The third-order valence-electron chi connectivity index (χ3n) is 10.2. The number of likely N-dealkylation sites (N-methyl/N-ethyl adjacent to an activating group) is 1. The molecule has 320 valence electrons. The summed E-state index contributed by atoms with van der Waals surface area (Å²) in [6.45, 7) is 4.71. The number of quaternary nitrogens is 1. The van der Waals surface area contributed by atoms with E-state index in [1.165, 1.54) is 141 Å². The van der Waals surface area contributed by atoms with Crippen LogP contribution in [-0.2, 0) is 18.4 Å². The van der Waals surface area contributed by atoms with Crippen LogP contribution >= 0.6 is 7.82 Å². The molecule has 0 aromatic heterocycles. The molecule has 0 bridgehead atoms. The van der Waals surface area contributed by atoms with E-state index in [0.717, 1.165) is 44.9 Å². The first-order valence-electron chi connectivity index (χ1n) is 22.7. The van der Waals surface area contributed by atoms with Gasteiger partial charge in [0, 0.05) is 6.42 Å². The predicted molar refractivity (Wildman–Crippen MR) is 231 cm³/mol. The van der Waals surface area contributed by atoms with E-state index >= 15 is 0 Å². The quantitative estimate of drug-likeness (QED) is 0.0247. The Labute approximate surface area is 334 Å². The molecule has 0 aliphatic rings. The second-order valence-corrected chi connectivity index (χ2v) is 18.2. The minimum Gasteiger partial charge on any atom is -0.387 e. The summed E-state index contributed by atoms with van der Waals surface area (Å²) in [7, 11) is 1.57. The van der Waals surface area contributed by atoms with Gasteiger partial charge in [0.2, 0.25) is 5.91 Å². The molecule has 0 saturated heterocycles. The van der Waals surface area contributed by atoms with Gasteiger partial charge in [0.25, 0.3) is 0 Å². The van der Waals surface area contributed by atoms with Crippen molar-refractivity contribution in [3.63, 3.8) is 0 Å². The highest BCUT2D eigenvalue weighted by atomic mass is 31.2. The summed E-state index contributed by atoms with van der Waals surface area (Å²) in [6, 6.07) is -0.839. The van der Waals surface area contributed by atoms with Crippen LogP contribution in [-0.4, -0.2) is 73.4 Å². The van der Waals surface area contributed by atoms with E-state index in [2.05, 4.69) is 31.3 Å². The number of phosphoric ester groups is 1. The molecule has 0 rings (SSSR count). The summed E-state index contributed by atoms with van der Waals surface area (Å²) < 4.78 is 23.3. The zero-order chi connectivity index (χ0) is 40.0. The number of nitrogens with zero attached hydrogens (tertiary/aromatic N) is 1. The number of hydrogen-bond donors (Lipinski definition) is 3. The summed E-state index contributed by atoms with van der Waals surface area (Å²) in [5.74, 6) is -0.183. The highest BCUT2D eigenvalue weighted by molar-refractivity contribution is 7.47. The van der Waals surface area contributed by atoms with Gasteiger partial charge in [0.1, 0.15) is 13.2 Å². The second kappa shape index (κ2) is 37.6. The van der Waals surface area contributed by atoms with Crippen molar-refractivity contribution in [3.8, 4) is 0 Å². The summed E-state index contributed by atoms with van der Waals surface area (Å²) in [5.41, 5.74) is 0. The van der Waals surface area contributed by atoms with Crippen molar-refractivity contribution >= 4 is 13.7 Å². The Kier molecular flexibility index (Phi) is 36.8. The van der Waals surface area contributed by atoms with Gasteiger partial charge in [-0.05, 0) is 44.9 Å². The van der Waals surface area contributed by atoms with Crippen LogP contribution in [0.25, 0.3) is 0 Å². The Bertz CT molecular complexity index is 938. The standard InChI is InChI=1S/C45H89N2O6P/c1-6-8-10-12-13-14-15-16-17-18-19-20-21-22-23-24-25-26-27-28-29-30-31-32-33-35-37-39-45(49)46-43(44(48)38-36-34-11-9-7-2)42-53-54(50,51)52-41-40-47(3,4)5/h18-19,36,38,43-44,48H,6-17,20-35,37,39-42H2,1-5H3,(H-,46,49,50,51)/p+1/b19-18-,38-36+. The largest absolute Gasteiger partial charge is 0.472 e. The lowest BCUT2D eigenvalue weighted by Gasteiger charge is -2.25. The predicted octanol–water partition coefficient (Wildman–Crippen LogP) is 12.5. The Morgan fingerprint density at radius 2 is 1.00 bits per heavy atom. The molecule has 0 spiro atoms. The third kappa shape index (κ3) is 39.2. The minimum absolute atomic E-state index is 0.0619. The van der Waals surface area contributed by atoms with Crippen LogP contribution in [0, 0.1) is 0 Å². The van der Waals surface area contributed by atoms with Gasteiger partial charge in [0.15, 0.2) is 0 Å². The summed E-state index contributed by atoms with van der Waals surface area (Å²) in [4.78, 5) is 22.9. The lowest BCUT2D eigenvalue weighted by atomic mass is 10.0. The number of carbonyl (C=O) groups is 1. The normalized spacial score (nSPS) is 14.6. The second-order valence-electron chi connectivity index (χ2n) is 16.8. The monoisotopic (exact) mass is 786 g/mol. The van der Waals surface area contributed by atoms with Gasteiger partial charge in [-0.3, -0.25) is 13.8 Å². The van der Waals surface area contributed by atoms with Crippen molar-refractivity contribution < 1.29 is 32.9 Å². The number of hydrogen-bond acceptors (Lipinski definition) is 5. The van der Waals surface area contributed by atoms with Crippen LogP contribution in [0.3, 0.4) is 0 Å². The number of phosphoric acid groups is 1. The Balaban J connectivity index is 3.92. The molecule has 0 aromatic carbocycles. The topological polar surface area (TPSA) is 105 Å². The molecule has 0 aliphatic heterocycles. The maximum absolute atomic E-state index is 12.8. The molecule has 8 nitrogen and oxygen atoms in total. The fraction of sp³-hybridized carbons (Fsp3) is 0.889. The van der Waals surface area contributed by atoms with Crippen LogP contribution in [0.15, 0.2) is 24.3 Å². The molecule has 0 heterocycles.